The fraction of sp³-hybridized carbons (Fsp3) is 0.381. The van der Waals surface area contributed by atoms with Crippen molar-refractivity contribution in [2.24, 2.45) is 0 Å². The lowest BCUT2D eigenvalue weighted by molar-refractivity contribution is 0.0793. The highest BCUT2D eigenvalue weighted by atomic mass is 32.2. The van der Waals surface area contributed by atoms with Crippen LogP contribution < -0.4 is 11.1 Å². The van der Waals surface area contributed by atoms with Gasteiger partial charge in [-0.25, -0.2) is 13.4 Å². The number of fused-ring (bicyclic) bond motifs is 1. The van der Waals surface area contributed by atoms with Crippen LogP contribution in [0.1, 0.15) is 25.8 Å². The van der Waals surface area contributed by atoms with E-state index < -0.39 is 15.4 Å². The summed E-state index contributed by atoms with van der Waals surface area (Å²) in [4.78, 5) is 4.32. The van der Waals surface area contributed by atoms with Crippen LogP contribution in [0.4, 0.5) is 5.13 Å². The standard InChI is InChI=1S/C21H27N3O3S2/c1-3-16(11-15-7-5-4-6-8-15)23-13-21(2,25)14-29(26,27)17-9-10-18-19(12-17)28-20(22)24-18/h4-10,12,16,23,25H,3,11,13-14H2,1-2H3,(H2,22,24)/t16?,21-/m1/s1. The molecule has 0 fully saturated rings. The molecule has 0 saturated carbocycles. The van der Waals surface area contributed by atoms with E-state index in [-0.39, 0.29) is 23.2 Å². The SMILES string of the molecule is CCC(Cc1ccccc1)NC[C@@](C)(O)CS(=O)(=O)c1ccc2nc(N)sc2c1. The van der Waals surface area contributed by atoms with E-state index in [0.717, 1.165) is 17.5 Å². The van der Waals surface area contributed by atoms with Crippen LogP contribution in [0.5, 0.6) is 0 Å². The van der Waals surface area contributed by atoms with Crippen molar-refractivity contribution in [1.82, 2.24) is 10.3 Å². The summed E-state index contributed by atoms with van der Waals surface area (Å²) in [5.74, 6) is -0.367. The molecule has 8 heteroatoms. The number of nitrogens with one attached hydrogen (secondary N) is 1. The lowest BCUT2D eigenvalue weighted by Gasteiger charge is -2.27. The number of anilines is 1. The molecule has 29 heavy (non-hydrogen) atoms. The van der Waals surface area contributed by atoms with E-state index >= 15 is 0 Å². The van der Waals surface area contributed by atoms with Crippen molar-refractivity contribution in [1.29, 1.82) is 0 Å². The smallest absolute Gasteiger partial charge is 0.181 e. The molecule has 0 amide bonds. The van der Waals surface area contributed by atoms with Crippen molar-refractivity contribution >= 4 is 36.5 Å². The van der Waals surface area contributed by atoms with E-state index in [1.54, 1.807) is 19.1 Å². The van der Waals surface area contributed by atoms with Gasteiger partial charge >= 0.3 is 0 Å². The highest BCUT2D eigenvalue weighted by molar-refractivity contribution is 7.91. The Morgan fingerprint density at radius 3 is 2.66 bits per heavy atom. The number of nitrogen functional groups attached to an aromatic ring is 1. The topological polar surface area (TPSA) is 105 Å². The number of nitrogens with zero attached hydrogens (tertiary/aromatic N) is 1. The monoisotopic (exact) mass is 433 g/mol. The molecule has 0 spiro atoms. The first kappa shape index (κ1) is 21.7. The maximum Gasteiger partial charge on any atom is 0.181 e. The molecule has 2 aromatic carbocycles. The van der Waals surface area contributed by atoms with Crippen LogP contribution in [0.15, 0.2) is 53.4 Å². The molecule has 0 saturated heterocycles. The van der Waals surface area contributed by atoms with Crippen LogP contribution in [-0.2, 0) is 16.3 Å². The largest absolute Gasteiger partial charge is 0.388 e. The summed E-state index contributed by atoms with van der Waals surface area (Å²) in [6.45, 7) is 3.81. The van der Waals surface area contributed by atoms with Gasteiger partial charge in [-0.1, -0.05) is 48.6 Å². The summed E-state index contributed by atoms with van der Waals surface area (Å²) in [6, 6.07) is 15.0. The molecule has 0 bridgehead atoms. The predicted octanol–water partition coefficient (Wildman–Crippen LogP) is 3.01. The second-order valence-electron chi connectivity index (χ2n) is 7.61. The van der Waals surface area contributed by atoms with Gasteiger partial charge in [-0.2, -0.15) is 0 Å². The Bertz CT molecular complexity index is 1060. The van der Waals surface area contributed by atoms with Gasteiger partial charge in [0.2, 0.25) is 0 Å². The van der Waals surface area contributed by atoms with E-state index in [2.05, 4.69) is 29.4 Å². The highest BCUT2D eigenvalue weighted by Crippen LogP contribution is 2.27. The zero-order valence-electron chi connectivity index (χ0n) is 16.6. The van der Waals surface area contributed by atoms with Gasteiger partial charge in [0.1, 0.15) is 0 Å². The maximum absolute atomic E-state index is 12.9. The number of aliphatic hydroxyl groups is 1. The number of benzene rings is 2. The lowest BCUT2D eigenvalue weighted by Crippen LogP contribution is -2.47. The molecular weight excluding hydrogens is 406 g/mol. The van der Waals surface area contributed by atoms with Crippen LogP contribution >= 0.6 is 11.3 Å². The predicted molar refractivity (Wildman–Crippen MR) is 119 cm³/mol. The van der Waals surface area contributed by atoms with Gasteiger partial charge in [0.05, 0.1) is 26.5 Å². The molecule has 3 rings (SSSR count). The number of aromatic nitrogens is 1. The van der Waals surface area contributed by atoms with E-state index in [1.165, 1.54) is 23.0 Å². The Morgan fingerprint density at radius 2 is 1.97 bits per heavy atom. The molecule has 6 nitrogen and oxygen atoms in total. The molecule has 1 heterocycles. The number of nitrogens with two attached hydrogens (primary N) is 1. The molecule has 0 radical (unpaired) electrons. The first-order valence-electron chi connectivity index (χ1n) is 9.57. The van der Waals surface area contributed by atoms with Gasteiger partial charge in [0, 0.05) is 12.6 Å². The van der Waals surface area contributed by atoms with Gasteiger partial charge in [-0.3, -0.25) is 0 Å². The number of thiazole rings is 1. The Morgan fingerprint density at radius 1 is 1.24 bits per heavy atom. The Labute approximate surface area is 175 Å². The fourth-order valence-electron chi connectivity index (χ4n) is 3.28. The number of hydrogen-bond donors (Lipinski definition) is 3. The summed E-state index contributed by atoms with van der Waals surface area (Å²) in [6.07, 6.45) is 1.70. The molecule has 2 atom stereocenters. The minimum atomic E-state index is -3.67. The zero-order valence-corrected chi connectivity index (χ0v) is 18.3. The van der Waals surface area contributed by atoms with Crippen LogP contribution in [-0.4, -0.2) is 42.4 Å². The van der Waals surface area contributed by atoms with Crippen molar-refractivity contribution in [3.8, 4) is 0 Å². The third-order valence-electron chi connectivity index (χ3n) is 4.83. The van der Waals surface area contributed by atoms with Crippen molar-refractivity contribution in [2.45, 2.75) is 43.2 Å². The Balaban J connectivity index is 1.66. The second kappa shape index (κ2) is 8.79. The maximum atomic E-state index is 12.9. The van der Waals surface area contributed by atoms with E-state index in [0.29, 0.717) is 10.6 Å². The molecule has 0 aliphatic rings. The zero-order chi connectivity index (χ0) is 21.1. The van der Waals surface area contributed by atoms with Crippen LogP contribution in [0.3, 0.4) is 0 Å². The molecule has 1 aromatic heterocycles. The van der Waals surface area contributed by atoms with Gasteiger partial charge in [-0.15, -0.1) is 0 Å². The van der Waals surface area contributed by atoms with Crippen LogP contribution in [0, 0.1) is 0 Å². The number of sulfone groups is 1. The molecule has 156 valence electrons. The van der Waals surface area contributed by atoms with Crippen LogP contribution in [0.2, 0.25) is 0 Å². The second-order valence-corrected chi connectivity index (χ2v) is 10.7. The van der Waals surface area contributed by atoms with E-state index in [1.807, 2.05) is 18.2 Å². The Kier molecular flexibility index (Phi) is 6.58. The minimum Gasteiger partial charge on any atom is -0.388 e. The Hall–Kier alpha value is -2.00. The molecule has 0 aliphatic heterocycles. The average Bonchev–Trinajstić information content (AvgIpc) is 3.04. The first-order chi connectivity index (χ1) is 13.7. The summed E-state index contributed by atoms with van der Waals surface area (Å²) in [5, 5.41) is 14.5. The third-order valence-corrected chi connectivity index (χ3v) is 7.65. The average molecular weight is 434 g/mol. The first-order valence-corrected chi connectivity index (χ1v) is 12.0. The fourth-order valence-corrected chi connectivity index (χ4v) is 5.79. The van der Waals surface area contributed by atoms with Crippen molar-refractivity contribution in [3.05, 3.63) is 54.1 Å². The van der Waals surface area contributed by atoms with Crippen molar-refractivity contribution < 1.29 is 13.5 Å². The third kappa shape index (κ3) is 5.76. The quantitative estimate of drug-likeness (QED) is 0.479. The van der Waals surface area contributed by atoms with Gasteiger partial charge in [0.25, 0.3) is 0 Å². The minimum absolute atomic E-state index is 0.156. The van der Waals surface area contributed by atoms with Crippen molar-refractivity contribution in [2.75, 3.05) is 18.0 Å². The van der Waals surface area contributed by atoms with E-state index in [4.69, 9.17) is 5.73 Å². The summed E-state index contributed by atoms with van der Waals surface area (Å²) in [5.41, 5.74) is 6.18. The molecule has 4 N–H and O–H groups in total. The van der Waals surface area contributed by atoms with Crippen molar-refractivity contribution in [3.63, 3.8) is 0 Å². The van der Waals surface area contributed by atoms with Crippen LogP contribution in [0.25, 0.3) is 10.2 Å². The molecule has 1 unspecified atom stereocenters. The van der Waals surface area contributed by atoms with E-state index in [9.17, 15) is 13.5 Å². The summed E-state index contributed by atoms with van der Waals surface area (Å²) >= 11 is 1.25. The molecule has 0 aliphatic carbocycles. The van der Waals surface area contributed by atoms with Gasteiger partial charge < -0.3 is 16.2 Å². The van der Waals surface area contributed by atoms with Gasteiger partial charge in [-0.05, 0) is 43.5 Å². The summed E-state index contributed by atoms with van der Waals surface area (Å²) in [7, 11) is -3.67. The number of rotatable bonds is 9. The lowest BCUT2D eigenvalue weighted by atomic mass is 10.0. The highest BCUT2D eigenvalue weighted by Gasteiger charge is 2.30. The summed E-state index contributed by atoms with van der Waals surface area (Å²) < 4.78 is 26.5. The number of hydrogen-bond acceptors (Lipinski definition) is 7. The normalized spacial score (nSPS) is 15.3. The molecular formula is C21H27N3O3S2. The van der Waals surface area contributed by atoms with Gasteiger partial charge in [0.15, 0.2) is 15.0 Å². The molecule has 3 aromatic rings.